The van der Waals surface area contributed by atoms with Crippen molar-refractivity contribution in [2.75, 3.05) is 63.9 Å². The number of imidazole rings is 1. The number of nitrogens with zero attached hydrogens (tertiary/aromatic N) is 9. The summed E-state index contributed by atoms with van der Waals surface area (Å²) in [5.74, 6) is -0.514. The molecule has 6 saturated heterocycles. The number of rotatable bonds is 11. The first-order chi connectivity index (χ1) is 38.6. The van der Waals surface area contributed by atoms with Crippen molar-refractivity contribution in [1.29, 1.82) is 0 Å². The number of ether oxygens (including phenoxy) is 2. The van der Waals surface area contributed by atoms with Crippen LogP contribution in [-0.2, 0) is 27.8 Å². The van der Waals surface area contributed by atoms with Gasteiger partial charge in [-0.2, -0.15) is 9.97 Å². The van der Waals surface area contributed by atoms with Crippen LogP contribution in [-0.4, -0.2) is 149 Å². The molecule has 422 valence electrons. The lowest BCUT2D eigenvalue weighted by atomic mass is 9.59. The number of hydrogen-bond donors (Lipinski definition) is 3. The monoisotopic (exact) mass is 1090 g/mol. The lowest BCUT2D eigenvalue weighted by Crippen LogP contribution is -2.56. The molecule has 3 N–H and O–H groups in total. The average Bonchev–Trinajstić information content (AvgIpc) is 4.22. The van der Waals surface area contributed by atoms with Gasteiger partial charge in [0.1, 0.15) is 42.0 Å². The maximum Gasteiger partial charge on any atom is 0.409 e. The Morgan fingerprint density at radius 1 is 0.900 bits per heavy atom. The molecule has 6 aliphatic heterocycles. The Morgan fingerprint density at radius 3 is 2.48 bits per heavy atom. The number of aryl methyl sites for hydroxylation is 2. The van der Waals surface area contributed by atoms with Crippen LogP contribution in [0.4, 0.5) is 15.0 Å². The van der Waals surface area contributed by atoms with Crippen molar-refractivity contribution in [3.8, 4) is 23.0 Å². The van der Waals surface area contributed by atoms with Crippen LogP contribution in [0.15, 0.2) is 59.5 Å². The van der Waals surface area contributed by atoms with Crippen molar-refractivity contribution < 1.29 is 38.5 Å². The lowest BCUT2D eigenvalue weighted by molar-refractivity contribution is -0.135. The van der Waals surface area contributed by atoms with Crippen LogP contribution in [0.2, 0.25) is 0 Å². The predicted octanol–water partition coefficient (Wildman–Crippen LogP) is 7.87. The summed E-state index contributed by atoms with van der Waals surface area (Å²) in [5, 5.41) is 26.4. The minimum Gasteiger partial charge on any atom is -0.508 e. The molecule has 1 aliphatic carbocycles. The highest BCUT2D eigenvalue weighted by atomic mass is 19.1. The van der Waals surface area contributed by atoms with Gasteiger partial charge in [0.25, 0.3) is 0 Å². The molecule has 3 aromatic carbocycles. The van der Waals surface area contributed by atoms with Crippen molar-refractivity contribution in [2.24, 2.45) is 12.5 Å². The Hall–Kier alpha value is -6.70. The number of aliphatic hydroxyl groups is 1. The van der Waals surface area contributed by atoms with E-state index < -0.39 is 23.4 Å². The number of aromatic nitrogens is 5. The highest BCUT2D eigenvalue weighted by Gasteiger charge is 2.52. The maximum absolute atomic E-state index is 17.3. The van der Waals surface area contributed by atoms with E-state index >= 15 is 4.39 Å². The van der Waals surface area contributed by atoms with E-state index in [9.17, 15) is 29.4 Å². The second kappa shape index (κ2) is 20.4. The van der Waals surface area contributed by atoms with Gasteiger partial charge < -0.3 is 34.4 Å². The van der Waals surface area contributed by atoms with E-state index in [0.29, 0.717) is 86.3 Å². The molecule has 19 heteroatoms. The number of benzene rings is 3. The summed E-state index contributed by atoms with van der Waals surface area (Å²) in [6.45, 7) is 9.64. The molecule has 80 heavy (non-hydrogen) atoms. The largest absolute Gasteiger partial charge is 0.508 e. The summed E-state index contributed by atoms with van der Waals surface area (Å²) in [4.78, 5) is 74.9. The number of fused-ring (bicyclic) bond motifs is 4. The molecule has 6 aromatic rings. The van der Waals surface area contributed by atoms with Crippen LogP contribution >= 0.6 is 0 Å². The molecule has 13 rings (SSSR count). The standard InChI is InChI=1S/C61H73FN10O8/c1-4-37-8-5-9-40-28-43(73)30-44(50(37)40)52-51(62)53-45(33-63-52)54(70-22-6-17-59(2,78)35-70)66-56(65-53)80-36-61-18-7-23-71(61)41(14-19-61)34-79-58(77)69-26-20-60(21-27-69)31-42(32-60)68-24-15-38(16-25-68)39-10-11-46-48(29-39)67(3)57(76)72(46)47-12-13-49(74)64-55(47)75/h5,8-11,28-30,33,38,41-42,47,73,78H,4,6-7,12-27,31-32,34-36H2,1-3H3,(H,64,74,75)/t41-,47?,59+,61-/m0/s1. The van der Waals surface area contributed by atoms with Crippen LogP contribution in [0, 0.1) is 11.2 Å². The van der Waals surface area contributed by atoms with Crippen molar-refractivity contribution in [2.45, 2.75) is 145 Å². The molecule has 7 fully saturated rings. The number of likely N-dealkylation sites (tertiary alicyclic amines) is 2. The van der Waals surface area contributed by atoms with Crippen LogP contribution in [0.25, 0.3) is 44.0 Å². The van der Waals surface area contributed by atoms with E-state index in [-0.39, 0.29) is 70.7 Å². The molecule has 3 amide bonds. The Morgan fingerprint density at radius 2 is 1.70 bits per heavy atom. The van der Waals surface area contributed by atoms with Crippen LogP contribution in [0.5, 0.6) is 11.8 Å². The normalized spacial score (nSPS) is 25.9. The molecule has 1 saturated carbocycles. The molecule has 0 bridgehead atoms. The van der Waals surface area contributed by atoms with Gasteiger partial charge in [0.05, 0.1) is 27.6 Å². The lowest BCUT2D eigenvalue weighted by Gasteiger charge is -2.56. The number of carbonyl (C=O) groups is 3. The number of phenols is 1. The molecule has 7 aliphatic rings. The first-order valence-corrected chi connectivity index (χ1v) is 29.3. The van der Waals surface area contributed by atoms with Gasteiger partial charge in [0.15, 0.2) is 5.82 Å². The minimum atomic E-state index is -0.964. The van der Waals surface area contributed by atoms with Crippen LogP contribution in [0.1, 0.15) is 127 Å². The summed E-state index contributed by atoms with van der Waals surface area (Å²) in [7, 11) is 1.75. The molecule has 4 atom stereocenters. The third-order valence-corrected chi connectivity index (χ3v) is 19.8. The fourth-order valence-corrected chi connectivity index (χ4v) is 15.4. The minimum absolute atomic E-state index is 0.0112. The first-order valence-electron chi connectivity index (χ1n) is 29.3. The van der Waals surface area contributed by atoms with Crippen molar-refractivity contribution in [3.05, 3.63) is 82.2 Å². The number of pyridine rings is 1. The van der Waals surface area contributed by atoms with Gasteiger partial charge in [-0.25, -0.2) is 14.0 Å². The van der Waals surface area contributed by atoms with Crippen molar-refractivity contribution in [3.63, 3.8) is 0 Å². The van der Waals surface area contributed by atoms with Gasteiger partial charge in [-0.05, 0) is 174 Å². The molecule has 18 nitrogen and oxygen atoms in total. The van der Waals surface area contributed by atoms with E-state index in [2.05, 4.69) is 32.2 Å². The number of aromatic hydroxyl groups is 1. The third kappa shape index (κ3) is 9.33. The number of amides is 3. The van der Waals surface area contributed by atoms with Crippen LogP contribution < -0.4 is 20.6 Å². The van der Waals surface area contributed by atoms with E-state index in [1.54, 1.807) is 34.5 Å². The molecular weight excluding hydrogens is 1020 g/mol. The maximum atomic E-state index is 17.3. The zero-order valence-electron chi connectivity index (χ0n) is 46.2. The SMILES string of the molecule is CCc1cccc2cc(O)cc(-c3ncc4c(N5CCC[C@@](C)(O)C5)nc(OC[C@@]56CCCN5[C@H](COC(=O)N5CCC7(CC5)CC(N5CCC(c8ccc9c(c8)n(C)c(=O)n9C8CCC(=O)NC8=O)CC5)C7)CC6)nc4c3F)c12. The number of imide groups is 1. The van der Waals surface area contributed by atoms with E-state index in [4.69, 9.17) is 19.4 Å². The summed E-state index contributed by atoms with van der Waals surface area (Å²) >= 11 is 0. The Kier molecular flexibility index (Phi) is 13.4. The number of carbonyl (C=O) groups excluding carboxylic acids is 3. The number of β-amino-alcohol motifs (C(OH)–C–C–N with tert-alkyl or cyclic N) is 1. The topological polar surface area (TPSA) is 201 Å². The van der Waals surface area contributed by atoms with E-state index in [0.717, 1.165) is 112 Å². The summed E-state index contributed by atoms with van der Waals surface area (Å²) < 4.78 is 33.2. The van der Waals surface area contributed by atoms with Gasteiger partial charge >= 0.3 is 17.8 Å². The number of nitrogens with one attached hydrogen (secondary N) is 1. The number of hydrogen-bond acceptors (Lipinski definition) is 14. The molecule has 3 aromatic heterocycles. The van der Waals surface area contributed by atoms with Gasteiger partial charge in [0, 0.05) is 63.5 Å². The van der Waals surface area contributed by atoms with E-state index in [1.807, 2.05) is 47.9 Å². The quantitative estimate of drug-likeness (QED) is 0.106. The highest BCUT2D eigenvalue weighted by molar-refractivity contribution is 6.02. The highest BCUT2D eigenvalue weighted by Crippen LogP contribution is 2.52. The molecule has 9 heterocycles. The Labute approximate surface area is 464 Å². The van der Waals surface area contributed by atoms with Gasteiger partial charge in [-0.3, -0.25) is 33.9 Å². The second-order valence-electron chi connectivity index (χ2n) is 24.8. The molecule has 1 unspecified atom stereocenters. The van der Waals surface area contributed by atoms with Crippen molar-refractivity contribution in [1.82, 2.24) is 44.1 Å². The zero-order valence-corrected chi connectivity index (χ0v) is 46.2. The number of anilines is 1. The zero-order chi connectivity index (χ0) is 55.2. The predicted molar refractivity (Wildman–Crippen MR) is 300 cm³/mol. The Bertz CT molecular complexity index is 3500. The Balaban J connectivity index is 0.620. The second-order valence-corrected chi connectivity index (χ2v) is 24.8. The molecule has 0 radical (unpaired) electrons. The number of piperidine rings is 4. The first kappa shape index (κ1) is 52.7. The van der Waals surface area contributed by atoms with Gasteiger partial charge in [-0.1, -0.05) is 31.2 Å². The summed E-state index contributed by atoms with van der Waals surface area (Å²) in [6.07, 6.45) is 13.9. The smallest absolute Gasteiger partial charge is 0.409 e. The summed E-state index contributed by atoms with van der Waals surface area (Å²) in [5.41, 5.74) is 3.09. The van der Waals surface area contributed by atoms with E-state index in [1.165, 1.54) is 5.56 Å². The fraction of sp³-hybridized carbons (Fsp3) is 0.557. The summed E-state index contributed by atoms with van der Waals surface area (Å²) in [6, 6.07) is 15.2. The molecule has 1 spiro atoms. The number of halogens is 1. The van der Waals surface area contributed by atoms with Crippen LogP contribution in [0.3, 0.4) is 0 Å². The third-order valence-electron chi connectivity index (χ3n) is 19.8. The average molecular weight is 1090 g/mol. The number of phenolic OH excluding ortho intramolecular Hbond substituents is 1. The van der Waals surface area contributed by atoms with Gasteiger partial charge in [-0.15, -0.1) is 0 Å². The molecular formula is C61H73FN10O8. The fourth-order valence-electron chi connectivity index (χ4n) is 15.4. The van der Waals surface area contributed by atoms with Crippen molar-refractivity contribution >= 4 is 56.4 Å². The van der Waals surface area contributed by atoms with Gasteiger partial charge in [0.2, 0.25) is 11.8 Å².